The molecule has 0 bridgehead atoms. The van der Waals surface area contributed by atoms with Gasteiger partial charge >= 0.3 is 11.9 Å². The summed E-state index contributed by atoms with van der Waals surface area (Å²) < 4.78 is 59.1. The molecule has 59 heavy (non-hydrogen) atoms. The molecular formula is C47H56F4N2O6. The van der Waals surface area contributed by atoms with Gasteiger partial charge in [0.05, 0.1) is 11.1 Å². The number of aromatic carboxylic acids is 1. The number of carbonyl (C=O) groups is 4. The first-order valence-corrected chi connectivity index (χ1v) is 19.7. The molecule has 0 aliphatic heterocycles. The molecule has 3 N–H and O–H groups in total. The topological polar surface area (TPSA) is 122 Å². The Bertz CT molecular complexity index is 2010. The number of amides is 2. The molecule has 318 valence electrons. The van der Waals surface area contributed by atoms with Gasteiger partial charge in [-0.2, -0.15) is 0 Å². The van der Waals surface area contributed by atoms with Crippen molar-refractivity contribution in [2.24, 2.45) is 35.0 Å². The molecule has 0 spiro atoms. The summed E-state index contributed by atoms with van der Waals surface area (Å²) in [6.07, 6.45) is -0.443. The van der Waals surface area contributed by atoms with Crippen molar-refractivity contribution in [2.75, 3.05) is 13.1 Å². The van der Waals surface area contributed by atoms with Crippen LogP contribution in [0.25, 0.3) is 0 Å². The fourth-order valence-corrected chi connectivity index (χ4v) is 7.12. The average molecular weight is 821 g/mol. The van der Waals surface area contributed by atoms with Crippen LogP contribution in [0.15, 0.2) is 91.0 Å². The maximum Gasteiger partial charge on any atom is 0.338 e. The van der Waals surface area contributed by atoms with Crippen LogP contribution >= 0.6 is 0 Å². The van der Waals surface area contributed by atoms with Crippen molar-refractivity contribution in [3.63, 3.8) is 0 Å². The van der Waals surface area contributed by atoms with Crippen molar-refractivity contribution >= 4 is 23.8 Å². The number of hydrogen-bond acceptors (Lipinski definition) is 5. The molecule has 0 aliphatic rings. The van der Waals surface area contributed by atoms with E-state index in [-0.39, 0.29) is 65.0 Å². The predicted molar refractivity (Wildman–Crippen MR) is 220 cm³/mol. The summed E-state index contributed by atoms with van der Waals surface area (Å²) in [6, 6.07) is 19.5. The third kappa shape index (κ3) is 14.1. The van der Waals surface area contributed by atoms with Gasteiger partial charge in [0.15, 0.2) is 0 Å². The number of carbonyl (C=O) groups excluding carboxylic acids is 3. The number of carboxylic acids is 1. The SMILES string of the molecule is CC(C)C(CNC(=O)c1ccc(F)cc1)C(OC(=O)c1ccc(F)cc1)C(C)C.CC(C)C(CNC(=O)c1ccc(F)cc1)C(c1cc(F)ccc1C(=O)O)C(C)(C)C. The van der Waals surface area contributed by atoms with E-state index in [1.807, 2.05) is 62.3 Å². The lowest BCUT2D eigenvalue weighted by molar-refractivity contribution is -0.0110. The molecule has 4 aromatic rings. The molecule has 4 rings (SSSR count). The monoisotopic (exact) mass is 820 g/mol. The van der Waals surface area contributed by atoms with Gasteiger partial charge in [-0.15, -0.1) is 0 Å². The first-order valence-electron chi connectivity index (χ1n) is 19.7. The number of nitrogens with one attached hydrogen (secondary N) is 2. The maximum absolute atomic E-state index is 14.1. The minimum atomic E-state index is -1.11. The summed E-state index contributed by atoms with van der Waals surface area (Å²) in [5, 5.41) is 15.4. The predicted octanol–water partition coefficient (Wildman–Crippen LogP) is 10.3. The largest absolute Gasteiger partial charge is 0.478 e. The van der Waals surface area contributed by atoms with Crippen molar-refractivity contribution in [3.8, 4) is 0 Å². The summed E-state index contributed by atoms with van der Waals surface area (Å²) >= 11 is 0. The second-order valence-corrected chi connectivity index (χ2v) is 16.8. The zero-order chi connectivity index (χ0) is 44.2. The lowest BCUT2D eigenvalue weighted by atomic mass is 9.65. The second kappa shape index (κ2) is 21.5. The van der Waals surface area contributed by atoms with Gasteiger partial charge in [0.25, 0.3) is 11.8 Å². The molecule has 4 atom stereocenters. The molecule has 2 amide bonds. The molecule has 4 unspecified atom stereocenters. The highest BCUT2D eigenvalue weighted by Gasteiger charge is 2.38. The minimum Gasteiger partial charge on any atom is -0.478 e. The molecular weight excluding hydrogens is 765 g/mol. The van der Waals surface area contributed by atoms with Crippen LogP contribution in [0.5, 0.6) is 0 Å². The van der Waals surface area contributed by atoms with E-state index in [4.69, 9.17) is 4.74 Å². The van der Waals surface area contributed by atoms with Crippen molar-refractivity contribution in [2.45, 2.75) is 74.3 Å². The van der Waals surface area contributed by atoms with E-state index < -0.39 is 46.7 Å². The Labute approximate surface area is 344 Å². The smallest absolute Gasteiger partial charge is 0.338 e. The molecule has 0 fully saturated rings. The first-order chi connectivity index (χ1) is 27.6. The van der Waals surface area contributed by atoms with E-state index >= 15 is 0 Å². The van der Waals surface area contributed by atoms with E-state index in [0.29, 0.717) is 23.2 Å². The van der Waals surface area contributed by atoms with Crippen LogP contribution in [0.4, 0.5) is 17.6 Å². The van der Waals surface area contributed by atoms with Crippen LogP contribution in [0.1, 0.15) is 115 Å². The third-order valence-electron chi connectivity index (χ3n) is 10.3. The summed E-state index contributed by atoms with van der Waals surface area (Å²) in [6.45, 7) is 18.4. The van der Waals surface area contributed by atoms with E-state index in [1.54, 1.807) is 0 Å². The van der Waals surface area contributed by atoms with Crippen LogP contribution in [0, 0.1) is 58.3 Å². The maximum atomic E-state index is 14.1. The van der Waals surface area contributed by atoms with Gasteiger partial charge < -0.3 is 20.5 Å². The Morgan fingerprint density at radius 3 is 1.34 bits per heavy atom. The number of hydrogen-bond donors (Lipinski definition) is 3. The highest BCUT2D eigenvalue weighted by Crippen LogP contribution is 2.45. The molecule has 0 aliphatic carbocycles. The molecule has 0 aromatic heterocycles. The van der Waals surface area contributed by atoms with Gasteiger partial charge in [0.1, 0.15) is 29.4 Å². The number of esters is 1. The Morgan fingerprint density at radius 2 is 0.966 bits per heavy atom. The van der Waals surface area contributed by atoms with Crippen molar-refractivity contribution in [3.05, 3.63) is 142 Å². The summed E-state index contributed by atoms with van der Waals surface area (Å²) in [5.41, 5.74) is 1.06. The zero-order valence-electron chi connectivity index (χ0n) is 35.1. The molecule has 0 saturated heterocycles. The second-order valence-electron chi connectivity index (χ2n) is 16.8. The van der Waals surface area contributed by atoms with E-state index in [1.165, 1.54) is 84.9 Å². The molecule has 12 heteroatoms. The zero-order valence-corrected chi connectivity index (χ0v) is 35.1. The number of halogens is 4. The Kier molecular flexibility index (Phi) is 17.4. The van der Waals surface area contributed by atoms with Crippen molar-refractivity contribution < 1.29 is 46.6 Å². The quantitative estimate of drug-likeness (QED) is 0.0811. The van der Waals surface area contributed by atoms with Crippen molar-refractivity contribution in [1.82, 2.24) is 10.6 Å². The summed E-state index contributed by atoms with van der Waals surface area (Å²) in [7, 11) is 0. The van der Waals surface area contributed by atoms with Gasteiger partial charge in [0, 0.05) is 30.1 Å². The van der Waals surface area contributed by atoms with E-state index in [9.17, 15) is 41.8 Å². The molecule has 8 nitrogen and oxygen atoms in total. The van der Waals surface area contributed by atoms with Crippen molar-refractivity contribution in [1.29, 1.82) is 0 Å². The number of benzene rings is 4. The molecule has 4 aromatic carbocycles. The normalized spacial score (nSPS) is 13.5. The number of rotatable bonds is 15. The van der Waals surface area contributed by atoms with Gasteiger partial charge in [-0.3, -0.25) is 9.59 Å². The minimum absolute atomic E-state index is 0.00882. The van der Waals surface area contributed by atoms with Gasteiger partial charge in [0.2, 0.25) is 0 Å². The number of carboxylic acid groups (broad SMARTS) is 1. The van der Waals surface area contributed by atoms with Gasteiger partial charge in [-0.05, 0) is 132 Å². The van der Waals surface area contributed by atoms with Crippen LogP contribution in [0.2, 0.25) is 0 Å². The summed E-state index contributed by atoms with van der Waals surface area (Å²) in [5.74, 6) is -4.47. The van der Waals surface area contributed by atoms with E-state index in [2.05, 4.69) is 10.6 Å². The van der Waals surface area contributed by atoms with Gasteiger partial charge in [-0.25, -0.2) is 27.2 Å². The highest BCUT2D eigenvalue weighted by atomic mass is 19.1. The fourth-order valence-electron chi connectivity index (χ4n) is 7.12. The molecule has 0 heterocycles. The van der Waals surface area contributed by atoms with Crippen LogP contribution in [-0.2, 0) is 4.74 Å². The average Bonchev–Trinajstić information content (AvgIpc) is 3.15. The Balaban J connectivity index is 0.000000316. The number of ether oxygens (including phenoxy) is 1. The lowest BCUT2D eigenvalue weighted by Crippen LogP contribution is -2.42. The molecule has 0 radical (unpaired) electrons. The Hall–Kier alpha value is -5.52. The summed E-state index contributed by atoms with van der Waals surface area (Å²) in [4.78, 5) is 49.2. The van der Waals surface area contributed by atoms with E-state index in [0.717, 1.165) is 6.07 Å². The first kappa shape index (κ1) is 47.9. The van der Waals surface area contributed by atoms with Crippen LogP contribution < -0.4 is 10.6 Å². The fraction of sp³-hybridized carbons (Fsp3) is 0.404. The van der Waals surface area contributed by atoms with Crippen LogP contribution in [0.3, 0.4) is 0 Å². The lowest BCUT2D eigenvalue weighted by Gasteiger charge is -2.40. The standard InChI is InChI=1S/C24H29F2NO3.C23H27F2NO3/c1-14(2)20(13-27-22(28)15-6-8-16(25)9-7-15)21(24(3,4)5)19-12-17(26)10-11-18(19)23(29)30;1-14(2)20(13-26-22(27)16-5-9-18(24)10-6-16)21(15(3)4)29-23(28)17-7-11-19(25)12-8-17/h6-12,14,20-21H,13H2,1-5H3,(H,27,28)(H,29,30);5-12,14-15,20-21H,13H2,1-4H3,(H,26,27). The Morgan fingerprint density at radius 1 is 0.576 bits per heavy atom. The highest BCUT2D eigenvalue weighted by molar-refractivity contribution is 5.94. The van der Waals surface area contributed by atoms with Crippen LogP contribution in [-0.4, -0.2) is 48.1 Å². The molecule has 0 saturated carbocycles. The van der Waals surface area contributed by atoms with Gasteiger partial charge in [-0.1, -0.05) is 62.3 Å². The third-order valence-corrected chi connectivity index (χ3v) is 10.3.